The summed E-state index contributed by atoms with van der Waals surface area (Å²) in [7, 11) is 0. The zero-order valence-electron chi connectivity index (χ0n) is 14.9. The van der Waals surface area contributed by atoms with Crippen LogP contribution in [0.25, 0.3) is 0 Å². The number of nitrogens with one attached hydrogen (secondary N) is 3. The lowest BCUT2D eigenvalue weighted by atomic mass is 10.3. The highest BCUT2D eigenvalue weighted by molar-refractivity contribution is 14.0. The van der Waals surface area contributed by atoms with E-state index >= 15 is 0 Å². The second-order valence-electron chi connectivity index (χ2n) is 5.48. The minimum absolute atomic E-state index is 0. The van der Waals surface area contributed by atoms with Gasteiger partial charge in [-0.25, -0.2) is 9.98 Å². The second-order valence-corrected chi connectivity index (χ2v) is 6.86. The van der Waals surface area contributed by atoms with Crippen molar-refractivity contribution in [1.29, 1.82) is 0 Å². The topological polar surface area (TPSA) is 61.3 Å². The zero-order chi connectivity index (χ0) is 17.0. The Labute approximate surface area is 171 Å². The van der Waals surface area contributed by atoms with E-state index in [2.05, 4.69) is 51.9 Å². The lowest BCUT2D eigenvalue weighted by Crippen LogP contribution is -2.37. The number of halogens is 1. The van der Waals surface area contributed by atoms with Gasteiger partial charge in [0.25, 0.3) is 0 Å². The monoisotopic (exact) mass is 473 g/mol. The third kappa shape index (κ3) is 9.06. The van der Waals surface area contributed by atoms with Crippen LogP contribution in [0, 0.1) is 6.92 Å². The van der Waals surface area contributed by atoms with Crippen molar-refractivity contribution in [2.75, 3.05) is 25.0 Å². The van der Waals surface area contributed by atoms with Crippen molar-refractivity contribution in [3.63, 3.8) is 0 Å². The van der Waals surface area contributed by atoms with Gasteiger partial charge in [-0.1, -0.05) is 6.07 Å². The molecule has 5 nitrogen and oxygen atoms in total. The van der Waals surface area contributed by atoms with Crippen LogP contribution >= 0.6 is 35.3 Å². The van der Waals surface area contributed by atoms with Gasteiger partial charge in [0.15, 0.2) is 5.96 Å². The summed E-state index contributed by atoms with van der Waals surface area (Å²) in [4.78, 5) is 11.5. The largest absolute Gasteiger partial charge is 0.370 e. The van der Waals surface area contributed by atoms with E-state index < -0.39 is 0 Å². The molecule has 2 heterocycles. The lowest BCUT2D eigenvalue weighted by Gasteiger charge is -2.11. The average Bonchev–Trinajstić information content (AvgIpc) is 3.02. The standard InChI is InChI=1S/C18H27N5S.HI/c1-3-19-18(23-14-16-10-9-15(2)24-16)22-13-7-6-12-21-17-8-4-5-11-20-17;/h4-5,8-11H,3,6-7,12-14H2,1-2H3,(H,20,21)(H2,19,22,23);1H. The fourth-order valence-electron chi connectivity index (χ4n) is 2.21. The van der Waals surface area contributed by atoms with Crippen LogP contribution in [0.5, 0.6) is 0 Å². The van der Waals surface area contributed by atoms with E-state index in [-0.39, 0.29) is 24.0 Å². The third-order valence-corrected chi connectivity index (χ3v) is 4.39. The Morgan fingerprint density at radius 2 is 1.96 bits per heavy atom. The van der Waals surface area contributed by atoms with Gasteiger partial charge in [-0.15, -0.1) is 35.3 Å². The Morgan fingerprint density at radius 1 is 1.12 bits per heavy atom. The molecule has 25 heavy (non-hydrogen) atoms. The van der Waals surface area contributed by atoms with E-state index in [1.807, 2.05) is 18.2 Å². The summed E-state index contributed by atoms with van der Waals surface area (Å²) < 4.78 is 0. The van der Waals surface area contributed by atoms with Crippen molar-refractivity contribution in [2.24, 2.45) is 4.99 Å². The summed E-state index contributed by atoms with van der Waals surface area (Å²) in [5, 5.41) is 10.0. The van der Waals surface area contributed by atoms with E-state index in [4.69, 9.17) is 0 Å². The number of aryl methyl sites for hydroxylation is 1. The smallest absolute Gasteiger partial charge is 0.191 e. The lowest BCUT2D eigenvalue weighted by molar-refractivity contribution is 0.712. The average molecular weight is 473 g/mol. The van der Waals surface area contributed by atoms with Crippen LogP contribution in [-0.4, -0.2) is 30.6 Å². The molecule has 0 spiro atoms. The number of unbranched alkanes of at least 4 members (excludes halogenated alkanes) is 1. The maximum Gasteiger partial charge on any atom is 0.191 e. The molecule has 3 N–H and O–H groups in total. The highest BCUT2D eigenvalue weighted by Crippen LogP contribution is 2.15. The van der Waals surface area contributed by atoms with Crippen LogP contribution in [0.1, 0.15) is 29.5 Å². The van der Waals surface area contributed by atoms with Gasteiger partial charge < -0.3 is 16.0 Å². The molecule has 0 radical (unpaired) electrons. The van der Waals surface area contributed by atoms with E-state index in [9.17, 15) is 0 Å². The van der Waals surface area contributed by atoms with E-state index in [0.29, 0.717) is 0 Å². The molecule has 0 aliphatic rings. The van der Waals surface area contributed by atoms with Gasteiger partial charge in [0.2, 0.25) is 0 Å². The molecule has 0 fully saturated rings. The van der Waals surface area contributed by atoms with Crippen molar-refractivity contribution >= 4 is 47.1 Å². The highest BCUT2D eigenvalue weighted by Gasteiger charge is 1.99. The number of rotatable bonds is 9. The molecule has 0 saturated heterocycles. The first kappa shape index (κ1) is 21.7. The second kappa shape index (κ2) is 12.9. The predicted molar refractivity (Wildman–Crippen MR) is 119 cm³/mol. The molecule has 0 aromatic carbocycles. The Hall–Kier alpha value is -1.35. The van der Waals surface area contributed by atoms with Gasteiger partial charge >= 0.3 is 0 Å². The molecule has 0 saturated carbocycles. The fourth-order valence-corrected chi connectivity index (χ4v) is 3.02. The summed E-state index contributed by atoms with van der Waals surface area (Å²) in [6.07, 6.45) is 3.98. The van der Waals surface area contributed by atoms with Gasteiger partial charge in [0, 0.05) is 35.6 Å². The number of aliphatic imine (C=N–C) groups is 1. The van der Waals surface area contributed by atoms with Crippen molar-refractivity contribution in [3.05, 3.63) is 46.3 Å². The number of guanidine groups is 1. The van der Waals surface area contributed by atoms with Crippen LogP contribution in [-0.2, 0) is 6.54 Å². The van der Waals surface area contributed by atoms with Crippen LogP contribution in [0.15, 0.2) is 41.5 Å². The molecule has 138 valence electrons. The molecule has 0 atom stereocenters. The SMILES string of the molecule is CCNC(=NCc1ccc(C)s1)NCCCCNc1ccccn1.I. The van der Waals surface area contributed by atoms with Gasteiger partial charge in [-0.3, -0.25) is 0 Å². The first-order chi connectivity index (χ1) is 11.8. The maximum absolute atomic E-state index is 4.64. The van der Waals surface area contributed by atoms with Crippen molar-refractivity contribution in [1.82, 2.24) is 15.6 Å². The Bertz CT molecular complexity index is 615. The summed E-state index contributed by atoms with van der Waals surface area (Å²) >= 11 is 1.80. The van der Waals surface area contributed by atoms with Crippen LogP contribution in [0.4, 0.5) is 5.82 Å². The van der Waals surface area contributed by atoms with Crippen molar-refractivity contribution in [3.8, 4) is 0 Å². The summed E-state index contributed by atoms with van der Waals surface area (Å²) in [6.45, 7) is 7.66. The Balaban J connectivity index is 0.00000312. The van der Waals surface area contributed by atoms with Gasteiger partial charge in [-0.05, 0) is 51.0 Å². The molecular weight excluding hydrogens is 445 g/mol. The Kier molecular flexibility index (Phi) is 11.2. The fraction of sp³-hybridized carbons (Fsp3) is 0.444. The van der Waals surface area contributed by atoms with E-state index in [1.54, 1.807) is 17.5 Å². The van der Waals surface area contributed by atoms with Crippen LogP contribution < -0.4 is 16.0 Å². The van der Waals surface area contributed by atoms with E-state index in [1.165, 1.54) is 9.75 Å². The van der Waals surface area contributed by atoms with Gasteiger partial charge in [-0.2, -0.15) is 0 Å². The molecule has 2 aromatic rings. The summed E-state index contributed by atoms with van der Waals surface area (Å²) in [5.41, 5.74) is 0. The molecular formula is C18H28IN5S. The predicted octanol–water partition coefficient (Wildman–Crippen LogP) is 4.02. The number of hydrogen-bond acceptors (Lipinski definition) is 4. The number of pyridine rings is 1. The first-order valence-electron chi connectivity index (χ1n) is 8.50. The minimum atomic E-state index is 0. The van der Waals surface area contributed by atoms with Crippen molar-refractivity contribution < 1.29 is 0 Å². The molecule has 2 rings (SSSR count). The molecule has 2 aromatic heterocycles. The maximum atomic E-state index is 4.64. The zero-order valence-corrected chi connectivity index (χ0v) is 18.1. The van der Waals surface area contributed by atoms with E-state index in [0.717, 1.165) is 50.8 Å². The number of aromatic nitrogens is 1. The number of hydrogen-bond donors (Lipinski definition) is 3. The summed E-state index contributed by atoms with van der Waals surface area (Å²) in [5.74, 6) is 1.83. The molecule has 0 aliphatic heterocycles. The summed E-state index contributed by atoms with van der Waals surface area (Å²) in [6, 6.07) is 10.2. The van der Waals surface area contributed by atoms with Gasteiger partial charge in [0.05, 0.1) is 6.54 Å². The Morgan fingerprint density at radius 3 is 2.64 bits per heavy atom. The third-order valence-electron chi connectivity index (χ3n) is 3.40. The first-order valence-corrected chi connectivity index (χ1v) is 9.32. The number of nitrogens with zero attached hydrogens (tertiary/aromatic N) is 2. The minimum Gasteiger partial charge on any atom is -0.370 e. The van der Waals surface area contributed by atoms with Gasteiger partial charge in [0.1, 0.15) is 5.82 Å². The number of anilines is 1. The quantitative estimate of drug-likeness (QED) is 0.223. The van der Waals surface area contributed by atoms with Crippen molar-refractivity contribution in [2.45, 2.75) is 33.2 Å². The molecule has 0 aliphatic carbocycles. The molecule has 0 bridgehead atoms. The highest BCUT2D eigenvalue weighted by atomic mass is 127. The molecule has 0 unspecified atom stereocenters. The van der Waals surface area contributed by atoms with Crippen LogP contribution in [0.2, 0.25) is 0 Å². The normalized spacial score (nSPS) is 10.9. The number of thiophene rings is 1. The molecule has 7 heteroatoms. The van der Waals surface area contributed by atoms with Crippen LogP contribution in [0.3, 0.4) is 0 Å². The molecule has 0 amide bonds.